The van der Waals surface area contributed by atoms with E-state index in [1.807, 2.05) is 17.5 Å². The molecule has 164 valence electrons. The topological polar surface area (TPSA) is 12.9 Å². The van der Waals surface area contributed by atoms with Crippen LogP contribution in [-0.2, 0) is 0 Å². The third kappa shape index (κ3) is 3.87. The summed E-state index contributed by atoms with van der Waals surface area (Å²) in [5, 5.41) is 2.58. The van der Waals surface area contributed by atoms with E-state index in [1.165, 1.54) is 56.1 Å². The minimum absolute atomic E-state index is 0.424. The molecule has 1 nitrogen and oxygen atoms in total. The van der Waals surface area contributed by atoms with Crippen LogP contribution in [-0.4, -0.2) is 4.98 Å². The van der Waals surface area contributed by atoms with Crippen molar-refractivity contribution in [2.45, 2.75) is 44.9 Å². The summed E-state index contributed by atoms with van der Waals surface area (Å²) in [5.74, 6) is -0.149. The average molecular weight is 449 g/mol. The molecular weight excluding hydrogens is 418 g/mol. The van der Waals surface area contributed by atoms with Crippen LogP contribution in [0.25, 0.3) is 42.6 Å². The Labute approximate surface area is 201 Å². The molecule has 1 saturated carbocycles. The number of aromatic nitrogens is 1. The van der Waals surface area contributed by atoms with E-state index >= 15 is 0 Å². The minimum Gasteiger partial charge on any atom is -0.256 e. The molecule has 1 fully saturated rings. The average Bonchev–Trinajstić information content (AvgIpc) is 3.28. The van der Waals surface area contributed by atoms with E-state index in [1.54, 1.807) is 0 Å². The molecule has 2 heterocycles. The maximum atomic E-state index is 9.25. The van der Waals surface area contributed by atoms with Gasteiger partial charge in [0.2, 0.25) is 0 Å². The number of pyridine rings is 1. The first-order valence-corrected chi connectivity index (χ1v) is 12.9. The Hall–Kier alpha value is -2.97. The van der Waals surface area contributed by atoms with Crippen LogP contribution in [0, 0.1) is 5.92 Å². The van der Waals surface area contributed by atoms with Crippen molar-refractivity contribution in [3.8, 4) is 22.4 Å². The Kier molecular flexibility index (Phi) is 5.17. The molecule has 6 rings (SSSR count). The van der Waals surface area contributed by atoms with Gasteiger partial charge in [0.1, 0.15) is 0 Å². The number of hydrogen-bond acceptors (Lipinski definition) is 2. The van der Waals surface area contributed by atoms with Crippen LogP contribution in [0.5, 0.6) is 0 Å². The summed E-state index contributed by atoms with van der Waals surface area (Å²) in [6.45, 7) is 2.10. The monoisotopic (exact) mass is 448 g/mol. The first-order chi connectivity index (χ1) is 16.6. The second-order valence-electron chi connectivity index (χ2n) is 9.31. The molecule has 0 spiro atoms. The Morgan fingerprint density at radius 1 is 0.848 bits per heavy atom. The van der Waals surface area contributed by atoms with Gasteiger partial charge >= 0.3 is 0 Å². The molecule has 2 aromatic heterocycles. The van der Waals surface area contributed by atoms with Crippen LogP contribution in [0.2, 0.25) is 0 Å². The fourth-order valence-corrected chi connectivity index (χ4v) is 6.61. The van der Waals surface area contributed by atoms with Gasteiger partial charge in [-0.25, -0.2) is 0 Å². The van der Waals surface area contributed by atoms with Crippen LogP contribution in [0.1, 0.15) is 51.9 Å². The number of nitrogens with zero attached hydrogens (tertiary/aromatic N) is 1. The van der Waals surface area contributed by atoms with E-state index < -0.39 is 5.89 Å². The fourth-order valence-electron chi connectivity index (χ4n) is 5.40. The van der Waals surface area contributed by atoms with Gasteiger partial charge in [-0.2, -0.15) is 0 Å². The van der Waals surface area contributed by atoms with Crippen molar-refractivity contribution in [3.63, 3.8) is 0 Å². The zero-order valence-electron chi connectivity index (χ0n) is 20.1. The fraction of sp³-hybridized carbons (Fsp3) is 0.258. The predicted molar refractivity (Wildman–Crippen MR) is 143 cm³/mol. The molecule has 0 bridgehead atoms. The Bertz CT molecular complexity index is 1460. The minimum atomic E-state index is -0.573. The molecule has 1 aliphatic carbocycles. The summed E-state index contributed by atoms with van der Waals surface area (Å²) in [4.78, 5) is 4.78. The van der Waals surface area contributed by atoms with Crippen LogP contribution in [0.15, 0.2) is 85.1 Å². The van der Waals surface area contributed by atoms with Crippen molar-refractivity contribution in [2.75, 3.05) is 0 Å². The highest BCUT2D eigenvalue weighted by Crippen LogP contribution is 2.42. The van der Waals surface area contributed by atoms with Gasteiger partial charge in [-0.3, -0.25) is 4.98 Å². The standard InChI is InChI=1S/C31H29NS/c1-21(22-9-4-2-5-10-22)24-17-18-32-29(20-24)27-14-8-13-26-28-19-25(23-11-6-3-7-12-23)15-16-30(28)33-31(26)27/h3,6-8,11-22H,2,4-5,9-10H2,1H3/i21D. The van der Waals surface area contributed by atoms with Crippen LogP contribution < -0.4 is 0 Å². The summed E-state index contributed by atoms with van der Waals surface area (Å²) in [6.07, 6.45) is 8.04. The molecule has 0 N–H and O–H groups in total. The molecule has 1 atom stereocenters. The lowest BCUT2D eigenvalue weighted by Crippen LogP contribution is -2.14. The van der Waals surface area contributed by atoms with E-state index in [4.69, 9.17) is 4.98 Å². The highest BCUT2D eigenvalue weighted by atomic mass is 32.1. The van der Waals surface area contributed by atoms with Gasteiger partial charge in [0.25, 0.3) is 0 Å². The van der Waals surface area contributed by atoms with Crippen molar-refractivity contribution in [1.82, 2.24) is 4.98 Å². The summed E-state index contributed by atoms with van der Waals surface area (Å²) in [5.41, 5.74) is 5.73. The number of hydrogen-bond donors (Lipinski definition) is 0. The molecule has 0 aliphatic heterocycles. The molecule has 1 aliphatic rings. The molecule has 0 saturated heterocycles. The van der Waals surface area contributed by atoms with Crippen LogP contribution in [0.3, 0.4) is 0 Å². The highest BCUT2D eigenvalue weighted by Gasteiger charge is 2.22. The van der Waals surface area contributed by atoms with Crippen molar-refractivity contribution in [2.24, 2.45) is 5.92 Å². The smallest absolute Gasteiger partial charge is 0.0719 e. The predicted octanol–water partition coefficient (Wildman–Crippen LogP) is 9.47. The molecular formula is C31H29NS. The maximum Gasteiger partial charge on any atom is 0.0719 e. The lowest BCUT2D eigenvalue weighted by Gasteiger charge is -2.28. The van der Waals surface area contributed by atoms with Crippen molar-refractivity contribution < 1.29 is 1.37 Å². The van der Waals surface area contributed by atoms with Crippen molar-refractivity contribution in [1.29, 1.82) is 0 Å². The molecule has 3 aromatic carbocycles. The molecule has 0 radical (unpaired) electrons. The first-order valence-electron chi connectivity index (χ1n) is 12.6. The number of rotatable bonds is 4. The SMILES string of the molecule is [2H]C(C)(c1ccnc(-c2cccc3c2sc2ccc(-c4ccccc4)cc23)c1)C1CCCCC1. The van der Waals surface area contributed by atoms with E-state index in [-0.39, 0.29) is 0 Å². The van der Waals surface area contributed by atoms with Crippen molar-refractivity contribution in [3.05, 3.63) is 90.6 Å². The van der Waals surface area contributed by atoms with E-state index in [0.717, 1.165) is 24.1 Å². The largest absolute Gasteiger partial charge is 0.256 e. The maximum absolute atomic E-state index is 9.25. The zero-order valence-corrected chi connectivity index (χ0v) is 19.9. The molecule has 5 aromatic rings. The van der Waals surface area contributed by atoms with Gasteiger partial charge < -0.3 is 0 Å². The third-order valence-corrected chi connectivity index (χ3v) is 8.53. The van der Waals surface area contributed by atoms with Gasteiger partial charge in [0, 0.05) is 33.3 Å². The van der Waals surface area contributed by atoms with Crippen molar-refractivity contribution >= 4 is 31.5 Å². The summed E-state index contributed by atoms with van der Waals surface area (Å²) >= 11 is 1.84. The number of thiophene rings is 1. The summed E-state index contributed by atoms with van der Waals surface area (Å²) in [6, 6.07) is 28.2. The van der Waals surface area contributed by atoms with Gasteiger partial charge in [-0.1, -0.05) is 80.8 Å². The third-order valence-electron chi connectivity index (χ3n) is 7.31. The second-order valence-corrected chi connectivity index (χ2v) is 10.4. The first kappa shape index (κ1) is 19.5. The second kappa shape index (κ2) is 8.76. The van der Waals surface area contributed by atoms with E-state index in [9.17, 15) is 1.37 Å². The Balaban J connectivity index is 1.45. The van der Waals surface area contributed by atoms with Crippen LogP contribution in [0.4, 0.5) is 0 Å². The Morgan fingerprint density at radius 2 is 1.70 bits per heavy atom. The molecule has 0 amide bonds. The van der Waals surface area contributed by atoms with E-state index in [2.05, 4.69) is 85.8 Å². The lowest BCUT2D eigenvalue weighted by atomic mass is 9.78. The lowest BCUT2D eigenvalue weighted by molar-refractivity contribution is 0.316. The highest BCUT2D eigenvalue weighted by molar-refractivity contribution is 7.26. The zero-order chi connectivity index (χ0) is 23.1. The molecule has 1 unspecified atom stereocenters. The van der Waals surface area contributed by atoms with Gasteiger partial charge in [-0.15, -0.1) is 11.3 Å². The summed E-state index contributed by atoms with van der Waals surface area (Å²) in [7, 11) is 0. The molecule has 33 heavy (non-hydrogen) atoms. The van der Waals surface area contributed by atoms with Gasteiger partial charge in [-0.05, 0) is 65.6 Å². The van der Waals surface area contributed by atoms with E-state index in [0.29, 0.717) is 5.92 Å². The molecule has 2 heteroatoms. The van der Waals surface area contributed by atoms with Gasteiger partial charge in [0.15, 0.2) is 0 Å². The number of benzene rings is 3. The normalized spacial score (nSPS) is 17.2. The van der Waals surface area contributed by atoms with Gasteiger partial charge in [0.05, 0.1) is 5.69 Å². The quantitative estimate of drug-likeness (QED) is 0.267. The summed E-state index contributed by atoms with van der Waals surface area (Å²) < 4.78 is 11.8. The number of fused-ring (bicyclic) bond motifs is 3. The van der Waals surface area contributed by atoms with Crippen LogP contribution >= 0.6 is 11.3 Å². The Morgan fingerprint density at radius 3 is 2.55 bits per heavy atom.